The number of nitrogen functional groups attached to an aromatic ring is 1. The molecule has 8 heteroatoms. The molecule has 0 bridgehead atoms. The quantitative estimate of drug-likeness (QED) is 0.323. The molecule has 4 nitrogen and oxygen atoms in total. The monoisotopic (exact) mass is 468 g/mol. The molecular weight excluding hydrogens is 449 g/mol. The van der Waals surface area contributed by atoms with E-state index in [-0.39, 0.29) is 22.7 Å². The molecule has 2 aromatic heterocycles. The third-order valence-corrected chi connectivity index (χ3v) is 6.12. The van der Waals surface area contributed by atoms with Gasteiger partial charge < -0.3 is 10.5 Å². The zero-order valence-electron chi connectivity index (χ0n) is 17.5. The van der Waals surface area contributed by atoms with Gasteiger partial charge >= 0.3 is 12.1 Å². The summed E-state index contributed by atoms with van der Waals surface area (Å²) in [5, 5.41) is 0.189. The third kappa shape index (κ3) is 4.61. The molecule has 0 aliphatic rings. The summed E-state index contributed by atoms with van der Waals surface area (Å²) in [5.41, 5.74) is 8.69. The van der Waals surface area contributed by atoms with E-state index in [1.54, 1.807) is 19.3 Å². The van der Waals surface area contributed by atoms with Crippen molar-refractivity contribution < 1.29 is 22.7 Å². The van der Waals surface area contributed by atoms with Crippen LogP contribution in [0.2, 0.25) is 0 Å². The molecule has 0 atom stereocenters. The van der Waals surface area contributed by atoms with Gasteiger partial charge in [0.05, 0.1) is 12.2 Å². The first-order chi connectivity index (χ1) is 15.8. The number of nitrogens with zero attached hydrogens (tertiary/aromatic N) is 1. The van der Waals surface area contributed by atoms with Crippen LogP contribution in [0.1, 0.15) is 22.8 Å². The SMILES string of the molecule is CCOC(=O)c1c(N)sc(-c2ccc(-c3ccncc3)cc2)c1-c1cccc(C(F)(F)F)c1. The Morgan fingerprint density at radius 3 is 2.24 bits per heavy atom. The molecule has 4 aromatic rings. The van der Waals surface area contributed by atoms with Gasteiger partial charge in [-0.15, -0.1) is 11.3 Å². The highest BCUT2D eigenvalue weighted by atomic mass is 32.1. The van der Waals surface area contributed by atoms with Crippen LogP contribution in [-0.2, 0) is 10.9 Å². The van der Waals surface area contributed by atoms with Gasteiger partial charge in [-0.2, -0.15) is 13.2 Å². The predicted molar refractivity (Wildman–Crippen MR) is 124 cm³/mol. The molecule has 168 valence electrons. The highest BCUT2D eigenvalue weighted by Gasteiger charge is 2.32. The Morgan fingerprint density at radius 2 is 1.61 bits per heavy atom. The van der Waals surface area contributed by atoms with Crippen LogP contribution in [0, 0.1) is 0 Å². The van der Waals surface area contributed by atoms with Crippen molar-refractivity contribution in [1.82, 2.24) is 4.98 Å². The van der Waals surface area contributed by atoms with E-state index in [2.05, 4.69) is 4.98 Å². The predicted octanol–water partition coefficient (Wildman–Crippen LogP) is 6.92. The average molecular weight is 469 g/mol. The van der Waals surface area contributed by atoms with Gasteiger partial charge in [0.15, 0.2) is 0 Å². The molecule has 2 N–H and O–H groups in total. The first-order valence-electron chi connectivity index (χ1n) is 10.1. The Balaban J connectivity index is 1.88. The van der Waals surface area contributed by atoms with Gasteiger partial charge in [0.1, 0.15) is 10.6 Å². The summed E-state index contributed by atoms with van der Waals surface area (Å²) < 4.78 is 45.3. The van der Waals surface area contributed by atoms with Crippen molar-refractivity contribution in [3.05, 3.63) is 84.2 Å². The molecule has 0 amide bonds. The summed E-state index contributed by atoms with van der Waals surface area (Å²) in [5.74, 6) is -0.668. The van der Waals surface area contributed by atoms with E-state index in [1.807, 2.05) is 36.4 Å². The molecule has 33 heavy (non-hydrogen) atoms. The third-order valence-electron chi connectivity index (χ3n) is 5.05. The number of benzene rings is 2. The molecule has 2 heterocycles. The number of carbonyl (C=O) groups excluding carboxylic acids is 1. The van der Waals surface area contributed by atoms with Crippen LogP contribution in [0.15, 0.2) is 73.1 Å². The van der Waals surface area contributed by atoms with E-state index < -0.39 is 17.7 Å². The molecule has 0 radical (unpaired) electrons. The van der Waals surface area contributed by atoms with E-state index in [4.69, 9.17) is 10.5 Å². The number of alkyl halides is 3. The van der Waals surface area contributed by atoms with Gasteiger partial charge in [-0.25, -0.2) is 4.79 Å². The van der Waals surface area contributed by atoms with Gasteiger partial charge in [-0.05, 0) is 53.4 Å². The lowest BCUT2D eigenvalue weighted by molar-refractivity contribution is -0.137. The van der Waals surface area contributed by atoms with Crippen LogP contribution in [0.4, 0.5) is 18.2 Å². The fourth-order valence-corrected chi connectivity index (χ4v) is 4.63. The van der Waals surface area contributed by atoms with Gasteiger partial charge in [0.25, 0.3) is 0 Å². The lowest BCUT2D eigenvalue weighted by Crippen LogP contribution is -2.08. The van der Waals surface area contributed by atoms with E-state index >= 15 is 0 Å². The summed E-state index contributed by atoms with van der Waals surface area (Å²) >= 11 is 1.14. The zero-order chi connectivity index (χ0) is 23.6. The summed E-state index contributed by atoms with van der Waals surface area (Å²) in [7, 11) is 0. The van der Waals surface area contributed by atoms with Crippen molar-refractivity contribution in [2.75, 3.05) is 12.3 Å². The standard InChI is InChI=1S/C25H19F3N2O2S/c1-2-32-24(31)21-20(18-4-3-5-19(14-18)25(26,27)28)22(33-23(21)29)17-8-6-15(7-9-17)16-10-12-30-13-11-16/h3-14H,2,29H2,1H3. The second-order valence-electron chi connectivity index (χ2n) is 7.16. The molecular formula is C25H19F3N2O2S. The molecule has 0 fully saturated rings. The number of rotatable bonds is 5. The minimum atomic E-state index is -4.52. The highest BCUT2D eigenvalue weighted by molar-refractivity contribution is 7.20. The normalized spacial score (nSPS) is 11.4. The number of hydrogen-bond donors (Lipinski definition) is 1. The van der Waals surface area contributed by atoms with Crippen LogP contribution in [0.25, 0.3) is 32.7 Å². The van der Waals surface area contributed by atoms with Crippen molar-refractivity contribution in [3.8, 4) is 32.7 Å². The molecule has 0 aliphatic carbocycles. The summed E-state index contributed by atoms with van der Waals surface area (Å²) in [4.78, 5) is 17.3. The minimum absolute atomic E-state index is 0.0781. The molecule has 2 aromatic carbocycles. The van der Waals surface area contributed by atoms with E-state index in [9.17, 15) is 18.0 Å². The smallest absolute Gasteiger partial charge is 0.416 e. The first-order valence-corrected chi connectivity index (χ1v) is 10.9. The fourth-order valence-electron chi connectivity index (χ4n) is 3.54. The number of anilines is 1. The highest BCUT2D eigenvalue weighted by Crippen LogP contribution is 2.46. The molecule has 0 spiro atoms. The van der Waals surface area contributed by atoms with Crippen LogP contribution >= 0.6 is 11.3 Å². The maximum Gasteiger partial charge on any atom is 0.416 e. The number of nitrogens with two attached hydrogens (primary N) is 1. The average Bonchev–Trinajstić information content (AvgIpc) is 3.16. The van der Waals surface area contributed by atoms with Gasteiger partial charge in [-0.1, -0.05) is 36.4 Å². The molecule has 0 saturated carbocycles. The molecule has 0 saturated heterocycles. The zero-order valence-corrected chi connectivity index (χ0v) is 18.3. The Bertz CT molecular complexity index is 1280. The van der Waals surface area contributed by atoms with E-state index in [1.165, 1.54) is 12.1 Å². The van der Waals surface area contributed by atoms with Gasteiger partial charge in [-0.3, -0.25) is 4.98 Å². The topological polar surface area (TPSA) is 65.2 Å². The lowest BCUT2D eigenvalue weighted by Gasteiger charge is -2.12. The number of aromatic nitrogens is 1. The van der Waals surface area contributed by atoms with Crippen molar-refractivity contribution in [1.29, 1.82) is 0 Å². The molecule has 4 rings (SSSR count). The number of thiophene rings is 1. The maximum atomic E-state index is 13.4. The van der Waals surface area contributed by atoms with Crippen LogP contribution in [-0.4, -0.2) is 17.6 Å². The summed E-state index contributed by atoms with van der Waals surface area (Å²) in [6.07, 6.45) is -1.13. The number of esters is 1. The maximum absolute atomic E-state index is 13.4. The van der Waals surface area contributed by atoms with Crippen LogP contribution < -0.4 is 5.73 Å². The fraction of sp³-hybridized carbons (Fsp3) is 0.120. The second-order valence-corrected chi connectivity index (χ2v) is 8.21. The molecule has 0 aliphatic heterocycles. The number of hydrogen-bond acceptors (Lipinski definition) is 5. The summed E-state index contributed by atoms with van der Waals surface area (Å²) in [6.45, 7) is 1.77. The van der Waals surface area contributed by atoms with Crippen molar-refractivity contribution in [2.24, 2.45) is 0 Å². The first kappa shape index (κ1) is 22.5. The van der Waals surface area contributed by atoms with Crippen molar-refractivity contribution >= 4 is 22.3 Å². The minimum Gasteiger partial charge on any atom is -0.462 e. The number of halogens is 3. The van der Waals surface area contributed by atoms with E-state index in [0.717, 1.165) is 40.2 Å². The van der Waals surface area contributed by atoms with Crippen LogP contribution in [0.5, 0.6) is 0 Å². The van der Waals surface area contributed by atoms with Crippen molar-refractivity contribution in [3.63, 3.8) is 0 Å². The largest absolute Gasteiger partial charge is 0.462 e. The second kappa shape index (κ2) is 9.07. The summed E-state index contributed by atoms with van der Waals surface area (Å²) in [6, 6.07) is 16.1. The lowest BCUT2D eigenvalue weighted by atomic mass is 9.95. The Hall–Kier alpha value is -3.65. The molecule has 0 unspecified atom stereocenters. The number of ether oxygens (including phenoxy) is 1. The number of pyridine rings is 1. The Labute approximate surface area is 192 Å². The van der Waals surface area contributed by atoms with E-state index in [0.29, 0.717) is 10.4 Å². The van der Waals surface area contributed by atoms with Crippen molar-refractivity contribution in [2.45, 2.75) is 13.1 Å². The van der Waals surface area contributed by atoms with Gasteiger partial charge in [0, 0.05) is 22.8 Å². The Morgan fingerprint density at radius 1 is 0.970 bits per heavy atom. The Kier molecular flexibility index (Phi) is 6.20. The number of carbonyl (C=O) groups is 1. The van der Waals surface area contributed by atoms with Gasteiger partial charge in [0.2, 0.25) is 0 Å². The van der Waals surface area contributed by atoms with Crippen LogP contribution in [0.3, 0.4) is 0 Å².